The first-order valence-corrected chi connectivity index (χ1v) is 8.46. The summed E-state index contributed by atoms with van der Waals surface area (Å²) in [6, 6.07) is 7.79. The van der Waals surface area contributed by atoms with Gasteiger partial charge in [-0.15, -0.1) is 6.58 Å². The number of likely N-dealkylation sites (N-methyl/N-ethyl adjacent to an activating group) is 1. The summed E-state index contributed by atoms with van der Waals surface area (Å²) in [5, 5.41) is 9.41. The number of nitrogens with zero attached hydrogens (tertiary/aromatic N) is 4. The molecule has 0 aliphatic rings. The molecule has 1 atom stereocenters. The Balaban J connectivity index is 2.10. The van der Waals surface area contributed by atoms with Gasteiger partial charge in [-0.3, -0.25) is 9.88 Å². The predicted molar refractivity (Wildman–Crippen MR) is 99.9 cm³/mol. The van der Waals surface area contributed by atoms with Crippen LogP contribution < -0.4 is 9.47 Å². The molecule has 2 rings (SSSR count). The van der Waals surface area contributed by atoms with E-state index in [0.717, 1.165) is 24.9 Å². The van der Waals surface area contributed by atoms with Crippen LogP contribution in [0.15, 0.2) is 49.4 Å². The summed E-state index contributed by atoms with van der Waals surface area (Å²) in [5.41, 5.74) is 1.45. The van der Waals surface area contributed by atoms with Crippen LogP contribution in [0.5, 0.6) is 11.6 Å². The highest BCUT2D eigenvalue weighted by molar-refractivity contribution is 5.49. The fraction of sp³-hybridized carbons (Fsp3) is 0.350. The topological polar surface area (TPSA) is 71.3 Å². The molecule has 0 bridgehead atoms. The predicted octanol–water partition coefficient (Wildman–Crippen LogP) is 3.20. The van der Waals surface area contributed by atoms with E-state index in [4.69, 9.17) is 9.47 Å². The lowest BCUT2D eigenvalue weighted by atomic mass is 10.1. The molecule has 0 spiro atoms. The van der Waals surface area contributed by atoms with Crippen molar-refractivity contribution in [3.63, 3.8) is 0 Å². The van der Waals surface area contributed by atoms with Crippen LogP contribution in [0.2, 0.25) is 0 Å². The van der Waals surface area contributed by atoms with Gasteiger partial charge in [0.2, 0.25) is 5.88 Å². The number of pyridine rings is 2. The molecule has 0 fully saturated rings. The Morgan fingerprint density at radius 1 is 1.38 bits per heavy atom. The van der Waals surface area contributed by atoms with E-state index in [1.54, 1.807) is 18.5 Å². The third-order valence-electron chi connectivity index (χ3n) is 3.86. The van der Waals surface area contributed by atoms with E-state index in [0.29, 0.717) is 17.9 Å². The second kappa shape index (κ2) is 10.2. The van der Waals surface area contributed by atoms with E-state index in [1.165, 1.54) is 7.11 Å². The summed E-state index contributed by atoms with van der Waals surface area (Å²) in [6.45, 7) is 5.26. The van der Waals surface area contributed by atoms with E-state index in [2.05, 4.69) is 27.5 Å². The van der Waals surface area contributed by atoms with Crippen molar-refractivity contribution in [3.8, 4) is 17.7 Å². The number of nitriles is 1. The summed E-state index contributed by atoms with van der Waals surface area (Å²) in [6.07, 6.45) is 8.62. The van der Waals surface area contributed by atoms with Crippen molar-refractivity contribution in [1.82, 2.24) is 14.9 Å². The Morgan fingerprint density at radius 3 is 2.88 bits per heavy atom. The Hall–Kier alpha value is -2.91. The molecule has 0 radical (unpaired) electrons. The molecule has 0 saturated carbocycles. The van der Waals surface area contributed by atoms with Crippen LogP contribution in [0, 0.1) is 11.3 Å². The number of ether oxygens (including phenoxy) is 2. The van der Waals surface area contributed by atoms with Crippen LogP contribution in [-0.4, -0.2) is 41.7 Å². The van der Waals surface area contributed by atoms with Gasteiger partial charge in [-0.05, 0) is 31.5 Å². The molecule has 0 N–H and O–H groups in total. The van der Waals surface area contributed by atoms with Gasteiger partial charge in [-0.25, -0.2) is 4.98 Å². The van der Waals surface area contributed by atoms with Crippen molar-refractivity contribution in [2.45, 2.75) is 25.5 Å². The first-order valence-electron chi connectivity index (χ1n) is 8.46. The minimum atomic E-state index is -0.0890. The Morgan fingerprint density at radius 2 is 2.23 bits per heavy atom. The van der Waals surface area contributed by atoms with E-state index < -0.39 is 0 Å². The standard InChI is InChI=1S/C20H24N4O2/c1-4-5-8-17(15-24(2)14-16-7-6-10-22-13-16)26-19-9-11-23-20(25-3)18(19)12-21/h4,6-7,9-11,13,17H,1,5,8,14-15H2,2-3H3. The third-order valence-corrected chi connectivity index (χ3v) is 3.86. The fourth-order valence-corrected chi connectivity index (χ4v) is 2.67. The summed E-state index contributed by atoms with van der Waals surface area (Å²) < 4.78 is 11.3. The minimum absolute atomic E-state index is 0.0890. The van der Waals surface area contributed by atoms with Crippen molar-refractivity contribution in [2.24, 2.45) is 0 Å². The number of aromatic nitrogens is 2. The molecule has 136 valence electrons. The van der Waals surface area contributed by atoms with Crippen molar-refractivity contribution >= 4 is 0 Å². The smallest absolute Gasteiger partial charge is 0.235 e. The lowest BCUT2D eigenvalue weighted by molar-refractivity contribution is 0.136. The monoisotopic (exact) mass is 352 g/mol. The fourth-order valence-electron chi connectivity index (χ4n) is 2.67. The normalized spacial score (nSPS) is 11.6. The van der Waals surface area contributed by atoms with Gasteiger partial charge in [0.15, 0.2) is 5.56 Å². The molecule has 2 aromatic heterocycles. The molecule has 0 amide bonds. The number of allylic oxidation sites excluding steroid dienone is 1. The van der Waals surface area contributed by atoms with Gasteiger partial charge in [0.05, 0.1) is 7.11 Å². The zero-order valence-corrected chi connectivity index (χ0v) is 15.3. The zero-order chi connectivity index (χ0) is 18.8. The molecule has 0 aliphatic carbocycles. The summed E-state index contributed by atoms with van der Waals surface area (Å²) >= 11 is 0. The van der Waals surface area contributed by atoms with Crippen LogP contribution in [0.3, 0.4) is 0 Å². The van der Waals surface area contributed by atoms with E-state index >= 15 is 0 Å². The van der Waals surface area contributed by atoms with Crippen molar-refractivity contribution in [3.05, 3.63) is 60.6 Å². The second-order valence-corrected chi connectivity index (χ2v) is 5.97. The van der Waals surface area contributed by atoms with E-state index in [1.807, 2.05) is 31.5 Å². The van der Waals surface area contributed by atoms with Gasteiger partial charge in [0.1, 0.15) is 17.9 Å². The molecule has 2 heterocycles. The molecule has 1 unspecified atom stereocenters. The maximum atomic E-state index is 9.41. The largest absolute Gasteiger partial charge is 0.487 e. The number of rotatable bonds is 10. The highest BCUT2D eigenvalue weighted by Crippen LogP contribution is 2.26. The van der Waals surface area contributed by atoms with Crippen LogP contribution >= 0.6 is 0 Å². The van der Waals surface area contributed by atoms with Crippen LogP contribution in [0.25, 0.3) is 0 Å². The van der Waals surface area contributed by atoms with Crippen molar-refractivity contribution in [1.29, 1.82) is 5.26 Å². The Labute approximate surface area is 154 Å². The lowest BCUT2D eigenvalue weighted by Gasteiger charge is -2.25. The maximum absolute atomic E-state index is 9.41. The molecule has 6 heteroatoms. The molecule has 2 aromatic rings. The minimum Gasteiger partial charge on any atom is -0.487 e. The second-order valence-electron chi connectivity index (χ2n) is 5.97. The molecule has 6 nitrogen and oxygen atoms in total. The van der Waals surface area contributed by atoms with Crippen molar-refractivity contribution < 1.29 is 9.47 Å². The van der Waals surface area contributed by atoms with Gasteiger partial charge in [-0.1, -0.05) is 12.1 Å². The number of hydrogen-bond acceptors (Lipinski definition) is 6. The van der Waals surface area contributed by atoms with Gasteiger partial charge < -0.3 is 9.47 Å². The Kier molecular flexibility index (Phi) is 7.59. The highest BCUT2D eigenvalue weighted by atomic mass is 16.5. The van der Waals surface area contributed by atoms with Crippen LogP contribution in [0.4, 0.5) is 0 Å². The molecular formula is C20H24N4O2. The summed E-state index contributed by atoms with van der Waals surface area (Å²) in [7, 11) is 3.53. The Bertz CT molecular complexity index is 743. The summed E-state index contributed by atoms with van der Waals surface area (Å²) in [4.78, 5) is 10.4. The first-order chi connectivity index (χ1) is 12.7. The van der Waals surface area contributed by atoms with Crippen LogP contribution in [0.1, 0.15) is 24.0 Å². The number of hydrogen-bond donors (Lipinski definition) is 0. The molecule has 0 saturated heterocycles. The average molecular weight is 352 g/mol. The van der Waals surface area contributed by atoms with E-state index in [-0.39, 0.29) is 12.0 Å². The SMILES string of the molecule is C=CCCC(CN(C)Cc1cccnc1)Oc1ccnc(OC)c1C#N. The quantitative estimate of drug-likeness (QED) is 0.612. The van der Waals surface area contributed by atoms with Gasteiger partial charge >= 0.3 is 0 Å². The molecule has 0 aromatic carbocycles. The van der Waals surface area contributed by atoms with Gasteiger partial charge in [-0.2, -0.15) is 5.26 Å². The molecular weight excluding hydrogens is 328 g/mol. The number of methoxy groups -OCH3 is 1. The van der Waals surface area contributed by atoms with E-state index in [9.17, 15) is 5.26 Å². The third kappa shape index (κ3) is 5.57. The van der Waals surface area contributed by atoms with Gasteiger partial charge in [0, 0.05) is 37.7 Å². The highest BCUT2D eigenvalue weighted by Gasteiger charge is 2.18. The lowest BCUT2D eigenvalue weighted by Crippen LogP contribution is -2.33. The average Bonchev–Trinajstić information content (AvgIpc) is 2.66. The maximum Gasteiger partial charge on any atom is 0.235 e. The molecule has 26 heavy (non-hydrogen) atoms. The van der Waals surface area contributed by atoms with Gasteiger partial charge in [0.25, 0.3) is 0 Å². The molecule has 0 aliphatic heterocycles. The van der Waals surface area contributed by atoms with Crippen molar-refractivity contribution in [2.75, 3.05) is 20.7 Å². The summed E-state index contributed by atoms with van der Waals surface area (Å²) in [5.74, 6) is 0.763. The zero-order valence-electron chi connectivity index (χ0n) is 15.3. The first kappa shape index (κ1) is 19.4. The van der Waals surface area contributed by atoms with Crippen LogP contribution in [-0.2, 0) is 6.54 Å².